The van der Waals surface area contributed by atoms with Crippen molar-refractivity contribution in [3.63, 3.8) is 0 Å². The van der Waals surface area contributed by atoms with Crippen LogP contribution in [0.15, 0.2) is 30.6 Å². The number of amides is 2. The van der Waals surface area contributed by atoms with Gasteiger partial charge in [-0.3, -0.25) is 9.59 Å². The molecule has 0 bridgehead atoms. The first-order chi connectivity index (χ1) is 12.9. The Morgan fingerprint density at radius 1 is 1.33 bits per heavy atom. The van der Waals surface area contributed by atoms with Crippen LogP contribution in [0.5, 0.6) is 0 Å². The van der Waals surface area contributed by atoms with Gasteiger partial charge in [0, 0.05) is 25.2 Å². The molecule has 1 aliphatic rings. The zero-order valence-electron chi connectivity index (χ0n) is 14.9. The lowest BCUT2D eigenvalue weighted by Gasteiger charge is -2.11. The van der Waals surface area contributed by atoms with Crippen LogP contribution in [0.25, 0.3) is 5.82 Å². The number of hydrogen-bond donors (Lipinski definition) is 2. The smallest absolute Gasteiger partial charge is 0.254 e. The first kappa shape index (κ1) is 19.0. The summed E-state index contributed by atoms with van der Waals surface area (Å²) >= 11 is 0. The van der Waals surface area contributed by atoms with Gasteiger partial charge in [0.25, 0.3) is 5.91 Å². The highest BCUT2D eigenvalue weighted by molar-refractivity contribution is 7.91. The maximum absolute atomic E-state index is 12.3. The van der Waals surface area contributed by atoms with Crippen molar-refractivity contribution >= 4 is 21.7 Å². The van der Waals surface area contributed by atoms with Gasteiger partial charge in [-0.05, 0) is 25.5 Å². The lowest BCUT2D eigenvalue weighted by atomic mass is 10.2. The molecule has 2 N–H and O–H groups in total. The second-order valence-electron chi connectivity index (χ2n) is 6.42. The van der Waals surface area contributed by atoms with Gasteiger partial charge in [-0.1, -0.05) is 6.07 Å². The van der Waals surface area contributed by atoms with Crippen molar-refractivity contribution in [2.75, 3.05) is 18.1 Å². The van der Waals surface area contributed by atoms with Gasteiger partial charge in [-0.25, -0.2) is 18.1 Å². The topological polar surface area (TPSA) is 123 Å². The molecule has 27 heavy (non-hydrogen) atoms. The predicted molar refractivity (Wildman–Crippen MR) is 98.2 cm³/mol. The van der Waals surface area contributed by atoms with Gasteiger partial charge in [-0.2, -0.15) is 5.10 Å². The van der Waals surface area contributed by atoms with Crippen molar-refractivity contribution in [1.82, 2.24) is 25.4 Å². The Bertz CT molecular complexity index is 939. The van der Waals surface area contributed by atoms with Gasteiger partial charge in [0.2, 0.25) is 5.91 Å². The van der Waals surface area contributed by atoms with Gasteiger partial charge in [-0.15, -0.1) is 0 Å². The van der Waals surface area contributed by atoms with Gasteiger partial charge in [0.15, 0.2) is 15.7 Å². The Labute approximate surface area is 157 Å². The lowest BCUT2D eigenvalue weighted by Crippen LogP contribution is -2.37. The minimum atomic E-state index is -3.04. The van der Waals surface area contributed by atoms with Crippen molar-refractivity contribution in [2.45, 2.75) is 25.8 Å². The third-order valence-corrected chi connectivity index (χ3v) is 6.12. The number of sulfone groups is 1. The summed E-state index contributed by atoms with van der Waals surface area (Å²) in [4.78, 5) is 28.4. The molecule has 3 rings (SSSR count). The van der Waals surface area contributed by atoms with Crippen molar-refractivity contribution in [3.05, 3.63) is 41.9 Å². The number of carbonyl (C=O) groups is 2. The number of hydrogen-bond acceptors (Lipinski definition) is 6. The quantitative estimate of drug-likeness (QED) is 0.714. The number of nitrogens with one attached hydrogen (secondary N) is 2. The highest BCUT2D eigenvalue weighted by Crippen LogP contribution is 2.12. The molecule has 1 atom stereocenters. The number of carbonyl (C=O) groups excluding carboxylic acids is 2. The summed E-state index contributed by atoms with van der Waals surface area (Å²) in [5.74, 6) is 0.0924. The van der Waals surface area contributed by atoms with Crippen LogP contribution in [-0.4, -0.2) is 59.1 Å². The van der Waals surface area contributed by atoms with Crippen molar-refractivity contribution < 1.29 is 18.0 Å². The minimum Gasteiger partial charge on any atom is -0.352 e. The molecule has 10 heteroatoms. The number of pyridine rings is 1. The summed E-state index contributed by atoms with van der Waals surface area (Å²) in [5.41, 5.74) is 1.05. The van der Waals surface area contributed by atoms with Crippen molar-refractivity contribution in [1.29, 1.82) is 0 Å². The molecular formula is C17H21N5O4S. The normalized spacial score (nSPS) is 18.2. The second kappa shape index (κ2) is 7.87. The molecule has 0 radical (unpaired) electrons. The molecule has 2 aromatic rings. The summed E-state index contributed by atoms with van der Waals surface area (Å²) < 4.78 is 24.4. The van der Waals surface area contributed by atoms with Crippen LogP contribution in [0.2, 0.25) is 0 Å². The Morgan fingerprint density at radius 2 is 2.15 bits per heavy atom. The van der Waals surface area contributed by atoms with Crippen molar-refractivity contribution in [2.24, 2.45) is 0 Å². The van der Waals surface area contributed by atoms with Crippen LogP contribution in [0.1, 0.15) is 28.9 Å². The van der Waals surface area contributed by atoms with Crippen LogP contribution in [0.4, 0.5) is 0 Å². The highest BCUT2D eigenvalue weighted by atomic mass is 32.2. The standard InChI is InChI=1S/C17H21N5O4S/c1-12-14(10-20-22(12)15-4-2-3-7-18-15)17(24)19-8-5-16(23)21-13-6-9-27(25,26)11-13/h2-4,7,10,13H,5-6,8-9,11H2,1H3,(H,19,24)(H,21,23). The molecule has 0 spiro atoms. The summed E-state index contributed by atoms with van der Waals surface area (Å²) in [5, 5.41) is 9.57. The average molecular weight is 391 g/mol. The van der Waals surface area contributed by atoms with E-state index in [2.05, 4.69) is 20.7 Å². The van der Waals surface area contributed by atoms with E-state index in [1.165, 1.54) is 6.20 Å². The third-order valence-electron chi connectivity index (χ3n) is 4.36. The SMILES string of the molecule is Cc1c(C(=O)NCCC(=O)NC2CCS(=O)(=O)C2)cnn1-c1ccccn1. The Balaban J connectivity index is 1.50. The zero-order chi connectivity index (χ0) is 19.4. The average Bonchev–Trinajstić information content (AvgIpc) is 3.17. The molecule has 1 unspecified atom stereocenters. The Kier molecular flexibility index (Phi) is 5.54. The van der Waals surface area contributed by atoms with E-state index in [4.69, 9.17) is 0 Å². The summed E-state index contributed by atoms with van der Waals surface area (Å²) in [6.45, 7) is 1.92. The first-order valence-corrected chi connectivity index (χ1v) is 10.4. The van der Waals surface area contributed by atoms with Gasteiger partial charge < -0.3 is 10.6 Å². The fourth-order valence-corrected chi connectivity index (χ4v) is 4.61. The highest BCUT2D eigenvalue weighted by Gasteiger charge is 2.28. The van der Waals surface area contributed by atoms with E-state index in [-0.39, 0.29) is 42.3 Å². The molecule has 1 aliphatic heterocycles. The molecule has 3 heterocycles. The van der Waals surface area contributed by atoms with Crippen LogP contribution in [-0.2, 0) is 14.6 Å². The summed E-state index contributed by atoms with van der Waals surface area (Å²) in [7, 11) is -3.04. The van der Waals surface area contributed by atoms with Gasteiger partial charge in [0.1, 0.15) is 0 Å². The molecular weight excluding hydrogens is 370 g/mol. The van der Waals surface area contributed by atoms with E-state index in [1.807, 2.05) is 6.07 Å². The second-order valence-corrected chi connectivity index (χ2v) is 8.65. The maximum atomic E-state index is 12.3. The van der Waals surface area contributed by atoms with E-state index in [0.29, 0.717) is 23.5 Å². The van der Waals surface area contributed by atoms with Gasteiger partial charge >= 0.3 is 0 Å². The molecule has 9 nitrogen and oxygen atoms in total. The summed E-state index contributed by atoms with van der Waals surface area (Å²) in [6.07, 6.45) is 3.62. The van der Waals surface area contributed by atoms with E-state index in [0.717, 1.165) is 0 Å². The third kappa shape index (κ3) is 4.70. The van der Waals surface area contributed by atoms with Crippen LogP contribution in [0.3, 0.4) is 0 Å². The fraction of sp³-hybridized carbons (Fsp3) is 0.412. The predicted octanol–water partition coefficient (Wildman–Crippen LogP) is -0.00108. The maximum Gasteiger partial charge on any atom is 0.254 e. The monoisotopic (exact) mass is 391 g/mol. The molecule has 1 fully saturated rings. The van der Waals surface area contributed by atoms with Crippen molar-refractivity contribution in [3.8, 4) is 5.82 Å². The molecule has 0 saturated carbocycles. The Hall–Kier alpha value is -2.75. The van der Waals surface area contributed by atoms with E-state index in [1.54, 1.807) is 29.9 Å². The molecule has 0 aromatic carbocycles. The summed E-state index contributed by atoms with van der Waals surface area (Å²) in [6, 6.07) is 5.08. The van der Waals surface area contributed by atoms with E-state index in [9.17, 15) is 18.0 Å². The number of nitrogens with zero attached hydrogens (tertiary/aromatic N) is 3. The largest absolute Gasteiger partial charge is 0.352 e. The Morgan fingerprint density at radius 3 is 2.81 bits per heavy atom. The van der Waals surface area contributed by atoms with Gasteiger partial charge in [0.05, 0.1) is 29.0 Å². The number of aromatic nitrogens is 3. The first-order valence-electron chi connectivity index (χ1n) is 8.60. The number of rotatable bonds is 6. The minimum absolute atomic E-state index is 0.0169. The van der Waals surface area contributed by atoms with E-state index < -0.39 is 9.84 Å². The molecule has 144 valence electrons. The molecule has 1 saturated heterocycles. The zero-order valence-corrected chi connectivity index (χ0v) is 15.7. The lowest BCUT2D eigenvalue weighted by molar-refractivity contribution is -0.121. The van der Waals surface area contributed by atoms with E-state index >= 15 is 0 Å². The fourth-order valence-electron chi connectivity index (χ4n) is 2.94. The molecule has 0 aliphatic carbocycles. The molecule has 2 amide bonds. The van der Waals surface area contributed by atoms with Crippen LogP contribution < -0.4 is 10.6 Å². The molecule has 2 aromatic heterocycles. The van der Waals surface area contributed by atoms with Crippen LogP contribution >= 0.6 is 0 Å². The van der Waals surface area contributed by atoms with Crippen LogP contribution in [0, 0.1) is 6.92 Å².